The van der Waals surface area contributed by atoms with Gasteiger partial charge >= 0.3 is 0 Å². The van der Waals surface area contributed by atoms with Gasteiger partial charge in [0.1, 0.15) is 5.76 Å². The minimum Gasteiger partial charge on any atom is -0.469 e. The minimum atomic E-state index is -0.00870. The molecule has 2 heterocycles. The van der Waals surface area contributed by atoms with E-state index in [1.165, 1.54) is 11.3 Å². The van der Waals surface area contributed by atoms with E-state index in [-0.39, 0.29) is 5.78 Å². The van der Waals surface area contributed by atoms with Crippen molar-refractivity contribution >= 4 is 28.7 Å². The predicted molar refractivity (Wildman–Crippen MR) is 65.6 cm³/mol. The standard InChI is InChI=1S/C12H11ClO2S/c1-3-9-8(4-5-15-9)11(14)10-6-7(2)12(13)16-10/h4-6H,3H2,1-2H3. The first-order valence-corrected chi connectivity index (χ1v) is 6.20. The molecule has 0 saturated carbocycles. The van der Waals surface area contributed by atoms with E-state index >= 15 is 0 Å². The molecule has 16 heavy (non-hydrogen) atoms. The summed E-state index contributed by atoms with van der Waals surface area (Å²) in [5, 5.41) is 0. The lowest BCUT2D eigenvalue weighted by Crippen LogP contribution is -1.99. The van der Waals surface area contributed by atoms with Gasteiger partial charge in [-0.15, -0.1) is 11.3 Å². The molecule has 0 saturated heterocycles. The zero-order valence-corrected chi connectivity index (χ0v) is 10.6. The summed E-state index contributed by atoms with van der Waals surface area (Å²) in [6.07, 6.45) is 2.26. The molecule has 0 aromatic carbocycles. The highest BCUT2D eigenvalue weighted by molar-refractivity contribution is 7.18. The van der Waals surface area contributed by atoms with Crippen LogP contribution in [0.2, 0.25) is 4.34 Å². The topological polar surface area (TPSA) is 30.2 Å². The summed E-state index contributed by atoms with van der Waals surface area (Å²) in [5.74, 6) is 0.720. The third-order valence-corrected chi connectivity index (χ3v) is 3.95. The normalized spacial score (nSPS) is 10.7. The van der Waals surface area contributed by atoms with Crippen molar-refractivity contribution in [3.8, 4) is 0 Å². The van der Waals surface area contributed by atoms with Gasteiger partial charge in [-0.25, -0.2) is 0 Å². The van der Waals surface area contributed by atoms with Crippen LogP contribution in [0.3, 0.4) is 0 Å². The summed E-state index contributed by atoms with van der Waals surface area (Å²) < 4.78 is 5.92. The molecule has 0 atom stereocenters. The number of hydrogen-bond donors (Lipinski definition) is 0. The molecule has 0 radical (unpaired) electrons. The second kappa shape index (κ2) is 4.44. The summed E-state index contributed by atoms with van der Waals surface area (Å²) in [7, 11) is 0. The highest BCUT2D eigenvalue weighted by atomic mass is 35.5. The average molecular weight is 255 g/mol. The molecule has 2 rings (SSSR count). The summed E-state index contributed by atoms with van der Waals surface area (Å²) in [6.45, 7) is 3.86. The Morgan fingerprint density at radius 3 is 2.88 bits per heavy atom. The molecule has 4 heteroatoms. The number of furan rings is 1. The van der Waals surface area contributed by atoms with Crippen LogP contribution >= 0.6 is 22.9 Å². The molecule has 0 aliphatic carbocycles. The van der Waals surface area contributed by atoms with Crippen molar-refractivity contribution in [2.45, 2.75) is 20.3 Å². The number of ketones is 1. The largest absolute Gasteiger partial charge is 0.469 e. The zero-order valence-electron chi connectivity index (χ0n) is 9.04. The first-order valence-electron chi connectivity index (χ1n) is 5.00. The van der Waals surface area contributed by atoms with E-state index in [4.69, 9.17) is 16.0 Å². The minimum absolute atomic E-state index is 0.00870. The van der Waals surface area contributed by atoms with Crippen LogP contribution in [0.15, 0.2) is 22.8 Å². The number of aryl methyl sites for hydroxylation is 2. The van der Waals surface area contributed by atoms with Gasteiger partial charge in [-0.1, -0.05) is 18.5 Å². The fourth-order valence-electron chi connectivity index (χ4n) is 1.52. The molecule has 0 spiro atoms. The predicted octanol–water partition coefficient (Wildman–Crippen LogP) is 4.10. The van der Waals surface area contributed by atoms with Crippen molar-refractivity contribution < 1.29 is 9.21 Å². The van der Waals surface area contributed by atoms with Gasteiger partial charge in [0.05, 0.1) is 21.0 Å². The lowest BCUT2D eigenvalue weighted by molar-refractivity contribution is 0.104. The van der Waals surface area contributed by atoms with Crippen molar-refractivity contribution in [3.63, 3.8) is 0 Å². The first-order chi connectivity index (χ1) is 7.63. The Balaban J connectivity index is 2.39. The Kier molecular flexibility index (Phi) is 3.17. The van der Waals surface area contributed by atoms with E-state index in [2.05, 4.69) is 0 Å². The fourth-order valence-corrected chi connectivity index (χ4v) is 2.68. The lowest BCUT2D eigenvalue weighted by Gasteiger charge is -1.96. The van der Waals surface area contributed by atoms with Crippen LogP contribution in [-0.2, 0) is 6.42 Å². The van der Waals surface area contributed by atoms with Crippen molar-refractivity contribution in [1.82, 2.24) is 0 Å². The average Bonchev–Trinajstić information content (AvgIpc) is 2.85. The molecular weight excluding hydrogens is 244 g/mol. The van der Waals surface area contributed by atoms with Gasteiger partial charge in [-0.3, -0.25) is 4.79 Å². The van der Waals surface area contributed by atoms with Crippen LogP contribution in [0, 0.1) is 6.92 Å². The van der Waals surface area contributed by atoms with E-state index in [9.17, 15) is 4.79 Å². The molecule has 0 unspecified atom stereocenters. The van der Waals surface area contributed by atoms with Gasteiger partial charge in [0.2, 0.25) is 5.78 Å². The van der Waals surface area contributed by atoms with Gasteiger partial charge < -0.3 is 4.42 Å². The zero-order chi connectivity index (χ0) is 11.7. The molecule has 2 aromatic heterocycles. The lowest BCUT2D eigenvalue weighted by atomic mass is 10.1. The monoisotopic (exact) mass is 254 g/mol. The quantitative estimate of drug-likeness (QED) is 0.772. The van der Waals surface area contributed by atoms with E-state index in [0.29, 0.717) is 21.2 Å². The summed E-state index contributed by atoms with van der Waals surface area (Å²) in [5.41, 5.74) is 1.58. The van der Waals surface area contributed by atoms with Crippen molar-refractivity contribution in [2.75, 3.05) is 0 Å². The number of carbonyl (C=O) groups excluding carboxylic acids is 1. The number of hydrogen-bond acceptors (Lipinski definition) is 3. The van der Waals surface area contributed by atoms with Crippen LogP contribution < -0.4 is 0 Å². The first kappa shape index (κ1) is 11.4. The summed E-state index contributed by atoms with van der Waals surface area (Å²) >= 11 is 7.27. The second-order valence-corrected chi connectivity index (χ2v) is 5.16. The molecule has 84 valence electrons. The fraction of sp³-hybridized carbons (Fsp3) is 0.250. The van der Waals surface area contributed by atoms with Crippen molar-refractivity contribution in [2.24, 2.45) is 0 Å². The Hall–Kier alpha value is -1.06. The van der Waals surface area contributed by atoms with E-state index in [0.717, 1.165) is 11.3 Å². The SMILES string of the molecule is CCc1occc1C(=O)c1cc(C)c(Cl)s1. The maximum Gasteiger partial charge on any atom is 0.206 e. The smallest absolute Gasteiger partial charge is 0.206 e. The van der Waals surface area contributed by atoms with Crippen LogP contribution in [0.5, 0.6) is 0 Å². The third-order valence-electron chi connectivity index (χ3n) is 2.39. The van der Waals surface area contributed by atoms with E-state index < -0.39 is 0 Å². The molecule has 0 fully saturated rings. The van der Waals surface area contributed by atoms with Gasteiger partial charge in [0.25, 0.3) is 0 Å². The number of halogens is 1. The summed E-state index contributed by atoms with van der Waals surface area (Å²) in [6, 6.07) is 3.53. The van der Waals surface area contributed by atoms with Crippen molar-refractivity contribution in [3.05, 3.63) is 44.5 Å². The van der Waals surface area contributed by atoms with Crippen LogP contribution in [-0.4, -0.2) is 5.78 Å². The van der Waals surface area contributed by atoms with E-state index in [1.807, 2.05) is 19.9 Å². The van der Waals surface area contributed by atoms with Crippen molar-refractivity contribution in [1.29, 1.82) is 0 Å². The maximum absolute atomic E-state index is 12.1. The second-order valence-electron chi connectivity index (χ2n) is 3.51. The van der Waals surface area contributed by atoms with Gasteiger partial charge in [0, 0.05) is 6.42 Å². The van der Waals surface area contributed by atoms with Crippen LogP contribution in [0.4, 0.5) is 0 Å². The molecule has 0 aliphatic heterocycles. The molecule has 0 N–H and O–H groups in total. The Labute approximate surface area is 103 Å². The van der Waals surface area contributed by atoms with Gasteiger partial charge in [0.15, 0.2) is 0 Å². The molecule has 2 nitrogen and oxygen atoms in total. The Bertz CT molecular complexity index is 505. The summed E-state index contributed by atoms with van der Waals surface area (Å²) in [4.78, 5) is 12.8. The van der Waals surface area contributed by atoms with Gasteiger partial charge in [-0.05, 0) is 24.6 Å². The molecule has 0 bridgehead atoms. The van der Waals surface area contributed by atoms with Crippen LogP contribution in [0.25, 0.3) is 0 Å². The third kappa shape index (κ3) is 1.93. The molecule has 0 amide bonds. The molecule has 2 aromatic rings. The Morgan fingerprint density at radius 1 is 1.56 bits per heavy atom. The van der Waals surface area contributed by atoms with E-state index in [1.54, 1.807) is 12.3 Å². The number of carbonyl (C=O) groups is 1. The van der Waals surface area contributed by atoms with Crippen LogP contribution in [0.1, 0.15) is 33.5 Å². The highest BCUT2D eigenvalue weighted by Crippen LogP contribution is 2.29. The number of thiophene rings is 1. The number of rotatable bonds is 3. The Morgan fingerprint density at radius 2 is 2.31 bits per heavy atom. The van der Waals surface area contributed by atoms with Gasteiger partial charge in [-0.2, -0.15) is 0 Å². The maximum atomic E-state index is 12.1. The molecule has 0 aliphatic rings. The highest BCUT2D eigenvalue weighted by Gasteiger charge is 2.18. The molecular formula is C12H11ClO2S.